The summed E-state index contributed by atoms with van der Waals surface area (Å²) in [4.78, 5) is 4.14. The monoisotopic (exact) mass is 295 g/mol. The van der Waals surface area contributed by atoms with Gasteiger partial charge in [-0.2, -0.15) is 4.98 Å². The highest BCUT2D eigenvalue weighted by Gasteiger charge is 2.01. The summed E-state index contributed by atoms with van der Waals surface area (Å²) in [5.41, 5.74) is 1.26. The van der Waals surface area contributed by atoms with Gasteiger partial charge >= 0.3 is 0 Å². The van der Waals surface area contributed by atoms with Crippen LogP contribution in [0.2, 0.25) is 0 Å². The highest BCUT2D eigenvalue weighted by atomic mass is 79.9. The van der Waals surface area contributed by atoms with E-state index in [1.807, 2.05) is 19.1 Å². The first-order valence-corrected chi connectivity index (χ1v) is 6.28. The second kappa shape index (κ2) is 5.93. The van der Waals surface area contributed by atoms with Crippen molar-refractivity contribution < 1.29 is 4.52 Å². The van der Waals surface area contributed by atoms with Gasteiger partial charge < -0.3 is 9.84 Å². The van der Waals surface area contributed by atoms with Gasteiger partial charge in [0.05, 0.1) is 0 Å². The van der Waals surface area contributed by atoms with Gasteiger partial charge in [-0.25, -0.2) is 0 Å². The van der Waals surface area contributed by atoms with Crippen molar-refractivity contribution in [3.63, 3.8) is 0 Å². The normalized spacial score (nSPS) is 10.7. The van der Waals surface area contributed by atoms with Gasteiger partial charge in [-0.1, -0.05) is 33.2 Å². The van der Waals surface area contributed by atoms with Gasteiger partial charge in [0, 0.05) is 24.0 Å². The minimum atomic E-state index is 0.686. The van der Waals surface area contributed by atoms with E-state index >= 15 is 0 Å². The van der Waals surface area contributed by atoms with Crippen LogP contribution in [-0.2, 0) is 13.0 Å². The van der Waals surface area contributed by atoms with Crippen LogP contribution in [0.4, 0.5) is 0 Å². The molecule has 0 bridgehead atoms. The molecule has 1 N–H and O–H groups in total. The summed E-state index contributed by atoms with van der Waals surface area (Å²) in [5, 5.41) is 7.08. The maximum atomic E-state index is 5.02. The molecule has 4 nitrogen and oxygen atoms in total. The molecule has 2 aromatic rings. The third-order valence-corrected chi connectivity index (χ3v) is 2.86. The molecule has 1 aromatic heterocycles. The fourth-order valence-corrected chi connectivity index (χ4v) is 1.74. The smallest absolute Gasteiger partial charge is 0.227 e. The van der Waals surface area contributed by atoms with Crippen LogP contribution in [0.5, 0.6) is 0 Å². The van der Waals surface area contributed by atoms with Gasteiger partial charge in [0.15, 0.2) is 5.82 Å². The van der Waals surface area contributed by atoms with Crippen LogP contribution in [-0.4, -0.2) is 16.7 Å². The molecule has 90 valence electrons. The topological polar surface area (TPSA) is 51.0 Å². The highest BCUT2D eigenvalue weighted by molar-refractivity contribution is 9.10. The fourth-order valence-electron chi connectivity index (χ4n) is 1.47. The number of hydrogen-bond acceptors (Lipinski definition) is 4. The molecule has 0 aliphatic rings. The van der Waals surface area contributed by atoms with Crippen LogP contribution < -0.4 is 5.32 Å². The summed E-state index contributed by atoms with van der Waals surface area (Å²) < 4.78 is 6.12. The lowest BCUT2D eigenvalue weighted by atomic mass is 10.2. The van der Waals surface area contributed by atoms with E-state index in [0.717, 1.165) is 24.0 Å². The molecule has 1 aromatic carbocycles. The predicted octanol–water partition coefficient (Wildman–Crippen LogP) is 2.47. The number of aromatic nitrogens is 2. The van der Waals surface area contributed by atoms with Crippen molar-refractivity contribution in [2.24, 2.45) is 0 Å². The van der Waals surface area contributed by atoms with Crippen LogP contribution in [0, 0.1) is 6.92 Å². The molecule has 0 saturated carbocycles. The molecule has 0 radical (unpaired) electrons. The SMILES string of the molecule is Cc1noc(CCNCc2ccc(Br)cc2)n1. The summed E-state index contributed by atoms with van der Waals surface area (Å²) in [6, 6.07) is 8.26. The summed E-state index contributed by atoms with van der Waals surface area (Å²) in [5.74, 6) is 1.37. The van der Waals surface area contributed by atoms with Gasteiger partial charge in [0.2, 0.25) is 5.89 Å². The second-order valence-electron chi connectivity index (χ2n) is 3.79. The zero-order valence-electron chi connectivity index (χ0n) is 9.61. The van der Waals surface area contributed by atoms with E-state index in [0.29, 0.717) is 11.7 Å². The first kappa shape index (κ1) is 12.3. The average Bonchev–Trinajstić information content (AvgIpc) is 2.73. The van der Waals surface area contributed by atoms with Crippen molar-refractivity contribution in [3.8, 4) is 0 Å². The molecule has 0 spiro atoms. The summed E-state index contributed by atoms with van der Waals surface area (Å²) >= 11 is 3.41. The first-order valence-electron chi connectivity index (χ1n) is 5.48. The number of nitrogens with zero attached hydrogens (tertiary/aromatic N) is 2. The number of rotatable bonds is 5. The van der Waals surface area contributed by atoms with Crippen LogP contribution in [0.1, 0.15) is 17.3 Å². The third kappa shape index (κ3) is 3.94. The second-order valence-corrected chi connectivity index (χ2v) is 4.70. The Morgan fingerprint density at radius 1 is 1.29 bits per heavy atom. The standard InChI is InChI=1S/C12H14BrN3O/c1-9-15-12(17-16-9)6-7-14-8-10-2-4-11(13)5-3-10/h2-5,14H,6-8H2,1H3. The molecule has 0 unspecified atom stereocenters. The molecule has 0 amide bonds. The van der Waals surface area contributed by atoms with Crippen molar-refractivity contribution in [1.82, 2.24) is 15.5 Å². The Morgan fingerprint density at radius 2 is 2.06 bits per heavy atom. The molecule has 0 saturated heterocycles. The Labute approximate surface area is 109 Å². The van der Waals surface area contributed by atoms with E-state index < -0.39 is 0 Å². The molecule has 0 aliphatic carbocycles. The quantitative estimate of drug-likeness (QED) is 0.861. The van der Waals surface area contributed by atoms with Gasteiger partial charge in [0.25, 0.3) is 0 Å². The highest BCUT2D eigenvalue weighted by Crippen LogP contribution is 2.10. The van der Waals surface area contributed by atoms with Crippen molar-refractivity contribution >= 4 is 15.9 Å². The predicted molar refractivity (Wildman–Crippen MR) is 68.6 cm³/mol. The number of nitrogens with one attached hydrogen (secondary N) is 1. The van der Waals surface area contributed by atoms with E-state index in [1.165, 1.54) is 5.56 Å². The van der Waals surface area contributed by atoms with E-state index in [9.17, 15) is 0 Å². The minimum Gasteiger partial charge on any atom is -0.339 e. The lowest BCUT2D eigenvalue weighted by molar-refractivity contribution is 0.372. The van der Waals surface area contributed by atoms with Gasteiger partial charge in [0.1, 0.15) is 0 Å². The zero-order valence-corrected chi connectivity index (χ0v) is 11.2. The van der Waals surface area contributed by atoms with Crippen molar-refractivity contribution in [1.29, 1.82) is 0 Å². The Hall–Kier alpha value is -1.20. The molecule has 17 heavy (non-hydrogen) atoms. The number of benzene rings is 1. The number of halogens is 1. The average molecular weight is 296 g/mol. The zero-order chi connectivity index (χ0) is 12.1. The Kier molecular flexibility index (Phi) is 4.28. The van der Waals surface area contributed by atoms with Crippen LogP contribution >= 0.6 is 15.9 Å². The molecule has 5 heteroatoms. The first-order chi connectivity index (χ1) is 8.24. The van der Waals surface area contributed by atoms with Crippen molar-refractivity contribution in [2.45, 2.75) is 19.9 Å². The third-order valence-electron chi connectivity index (χ3n) is 2.33. The van der Waals surface area contributed by atoms with Crippen molar-refractivity contribution in [3.05, 3.63) is 46.0 Å². The lowest BCUT2D eigenvalue weighted by Gasteiger charge is -2.03. The molecule has 2 rings (SSSR count). The van der Waals surface area contributed by atoms with E-state index in [1.54, 1.807) is 0 Å². The number of hydrogen-bond donors (Lipinski definition) is 1. The maximum absolute atomic E-state index is 5.02. The van der Waals surface area contributed by atoms with E-state index in [4.69, 9.17) is 4.52 Å². The molecular weight excluding hydrogens is 282 g/mol. The molecule has 1 heterocycles. The van der Waals surface area contributed by atoms with E-state index in [-0.39, 0.29) is 0 Å². The Balaban J connectivity index is 1.71. The summed E-state index contributed by atoms with van der Waals surface area (Å²) in [7, 11) is 0. The molecule has 0 aliphatic heterocycles. The molecular formula is C12H14BrN3O. The van der Waals surface area contributed by atoms with Crippen molar-refractivity contribution in [2.75, 3.05) is 6.54 Å². The van der Waals surface area contributed by atoms with Gasteiger partial charge in [-0.15, -0.1) is 0 Å². The maximum Gasteiger partial charge on any atom is 0.227 e. The van der Waals surface area contributed by atoms with Crippen LogP contribution in [0.3, 0.4) is 0 Å². The number of aryl methyl sites for hydroxylation is 1. The Bertz CT molecular complexity index is 467. The lowest BCUT2D eigenvalue weighted by Crippen LogP contribution is -2.16. The summed E-state index contributed by atoms with van der Waals surface area (Å²) in [6.45, 7) is 3.50. The van der Waals surface area contributed by atoms with E-state index in [2.05, 4.69) is 43.5 Å². The molecule has 0 fully saturated rings. The van der Waals surface area contributed by atoms with Crippen LogP contribution in [0.15, 0.2) is 33.3 Å². The largest absolute Gasteiger partial charge is 0.339 e. The summed E-state index contributed by atoms with van der Waals surface area (Å²) in [6.07, 6.45) is 0.761. The minimum absolute atomic E-state index is 0.686. The fraction of sp³-hybridized carbons (Fsp3) is 0.333. The molecule has 0 atom stereocenters. The van der Waals surface area contributed by atoms with Gasteiger partial charge in [-0.05, 0) is 24.6 Å². The Morgan fingerprint density at radius 3 is 2.71 bits per heavy atom. The van der Waals surface area contributed by atoms with Gasteiger partial charge in [-0.3, -0.25) is 0 Å². The van der Waals surface area contributed by atoms with Crippen LogP contribution in [0.25, 0.3) is 0 Å².